The summed E-state index contributed by atoms with van der Waals surface area (Å²) in [6.07, 6.45) is 1.56. The molecule has 0 bridgehead atoms. The average molecular weight is 263 g/mol. The molecule has 0 aliphatic carbocycles. The van der Waals surface area contributed by atoms with Crippen LogP contribution in [0.3, 0.4) is 0 Å². The fourth-order valence-electron chi connectivity index (χ4n) is 3.18. The van der Waals surface area contributed by atoms with E-state index >= 15 is 0 Å². The molecule has 1 aromatic rings. The molecule has 0 saturated carbocycles. The van der Waals surface area contributed by atoms with E-state index < -0.39 is 5.60 Å². The largest absolute Gasteiger partial charge is 0.496 e. The van der Waals surface area contributed by atoms with Gasteiger partial charge in [0.05, 0.1) is 12.7 Å². The lowest BCUT2D eigenvalue weighted by atomic mass is 9.81. The van der Waals surface area contributed by atoms with Gasteiger partial charge in [0, 0.05) is 18.7 Å². The Bertz CT molecular complexity index is 448. The van der Waals surface area contributed by atoms with Gasteiger partial charge in [-0.2, -0.15) is 0 Å². The number of nitrogens with zero attached hydrogens (tertiary/aromatic N) is 1. The molecule has 2 rings (SSSR count). The number of likely N-dealkylation sites (tertiary alicyclic amines) is 1. The van der Waals surface area contributed by atoms with Gasteiger partial charge in [-0.15, -0.1) is 0 Å². The zero-order valence-electron chi connectivity index (χ0n) is 12.5. The zero-order chi connectivity index (χ0) is 14.0. The Morgan fingerprint density at radius 2 is 1.89 bits per heavy atom. The third-order valence-corrected chi connectivity index (χ3v) is 4.26. The number of ether oxygens (including phenoxy) is 1. The molecule has 0 amide bonds. The Balaban J connectivity index is 2.36. The highest BCUT2D eigenvalue weighted by molar-refractivity contribution is 5.46. The summed E-state index contributed by atoms with van der Waals surface area (Å²) in [6.45, 7) is 9.24. The summed E-state index contributed by atoms with van der Waals surface area (Å²) >= 11 is 0. The first-order valence-corrected chi connectivity index (χ1v) is 7.10. The minimum absolute atomic E-state index is 0.741. The number of methoxy groups -OCH3 is 1. The molecule has 1 saturated heterocycles. The van der Waals surface area contributed by atoms with Crippen molar-refractivity contribution in [3.8, 4) is 5.75 Å². The van der Waals surface area contributed by atoms with E-state index in [0.29, 0.717) is 0 Å². The second kappa shape index (κ2) is 5.51. The summed E-state index contributed by atoms with van der Waals surface area (Å²) in [6, 6.07) is 4.15. The Hall–Kier alpha value is -1.06. The zero-order valence-corrected chi connectivity index (χ0v) is 12.5. The average Bonchev–Trinajstić information content (AvgIpc) is 2.38. The van der Waals surface area contributed by atoms with E-state index in [2.05, 4.69) is 31.7 Å². The Labute approximate surface area is 116 Å². The molecule has 106 valence electrons. The first kappa shape index (κ1) is 14.4. The maximum Gasteiger partial charge on any atom is 0.125 e. The lowest BCUT2D eigenvalue weighted by molar-refractivity contribution is -0.0267. The molecule has 0 aromatic heterocycles. The monoisotopic (exact) mass is 263 g/mol. The smallest absolute Gasteiger partial charge is 0.125 e. The fourth-order valence-corrected chi connectivity index (χ4v) is 3.18. The van der Waals surface area contributed by atoms with Crippen LogP contribution in [0.2, 0.25) is 0 Å². The summed E-state index contributed by atoms with van der Waals surface area (Å²) in [4.78, 5) is 2.38. The van der Waals surface area contributed by atoms with Crippen molar-refractivity contribution in [2.75, 3.05) is 26.7 Å². The summed E-state index contributed by atoms with van der Waals surface area (Å²) in [5.41, 5.74) is 2.54. The maximum atomic E-state index is 11.0. The minimum atomic E-state index is -0.741. The van der Waals surface area contributed by atoms with Crippen molar-refractivity contribution in [2.45, 2.75) is 39.2 Å². The second-order valence-electron chi connectivity index (χ2n) is 5.62. The van der Waals surface area contributed by atoms with Crippen LogP contribution in [0.25, 0.3) is 0 Å². The van der Waals surface area contributed by atoms with Gasteiger partial charge in [0.15, 0.2) is 0 Å². The van der Waals surface area contributed by atoms with Gasteiger partial charge in [-0.05, 0) is 50.4 Å². The van der Waals surface area contributed by atoms with E-state index in [1.165, 1.54) is 5.56 Å². The molecule has 1 fully saturated rings. The van der Waals surface area contributed by atoms with Crippen LogP contribution in [0.15, 0.2) is 12.1 Å². The molecule has 1 aromatic carbocycles. The molecule has 19 heavy (non-hydrogen) atoms. The van der Waals surface area contributed by atoms with Crippen LogP contribution in [0.4, 0.5) is 0 Å². The molecule has 3 nitrogen and oxygen atoms in total. The third kappa shape index (κ3) is 2.77. The first-order chi connectivity index (χ1) is 9.00. The highest BCUT2D eigenvalue weighted by Gasteiger charge is 2.37. The van der Waals surface area contributed by atoms with Crippen molar-refractivity contribution in [1.29, 1.82) is 0 Å². The standard InChI is InChI=1S/C16H25NO2/c1-5-17-8-6-16(18,7-9-17)15-13(3)10-12(2)11-14(15)19-4/h10-11,18H,5-9H2,1-4H3. The van der Waals surface area contributed by atoms with Crippen LogP contribution in [-0.4, -0.2) is 36.8 Å². The normalized spacial score (nSPS) is 19.4. The van der Waals surface area contributed by atoms with E-state index in [0.717, 1.165) is 49.4 Å². The Morgan fingerprint density at radius 3 is 2.42 bits per heavy atom. The van der Waals surface area contributed by atoms with Crippen LogP contribution in [0.5, 0.6) is 5.75 Å². The SMILES string of the molecule is CCN1CCC(O)(c2c(C)cc(C)cc2OC)CC1. The predicted octanol–water partition coefficient (Wildman–Crippen LogP) is 2.62. The molecule has 0 spiro atoms. The predicted molar refractivity (Wildman–Crippen MR) is 77.7 cm³/mol. The summed E-state index contributed by atoms with van der Waals surface area (Å²) in [7, 11) is 1.68. The van der Waals surface area contributed by atoms with Crippen molar-refractivity contribution in [3.05, 3.63) is 28.8 Å². The highest BCUT2D eigenvalue weighted by Crippen LogP contribution is 2.40. The van der Waals surface area contributed by atoms with Crippen LogP contribution >= 0.6 is 0 Å². The number of hydrogen-bond acceptors (Lipinski definition) is 3. The molecule has 0 atom stereocenters. The van der Waals surface area contributed by atoms with Crippen molar-refractivity contribution < 1.29 is 9.84 Å². The highest BCUT2D eigenvalue weighted by atomic mass is 16.5. The van der Waals surface area contributed by atoms with Gasteiger partial charge in [-0.25, -0.2) is 0 Å². The van der Waals surface area contributed by atoms with Gasteiger partial charge in [0.1, 0.15) is 5.75 Å². The quantitative estimate of drug-likeness (QED) is 0.910. The number of piperidine rings is 1. The van der Waals surface area contributed by atoms with Crippen molar-refractivity contribution in [1.82, 2.24) is 4.90 Å². The Morgan fingerprint density at radius 1 is 1.26 bits per heavy atom. The topological polar surface area (TPSA) is 32.7 Å². The molecule has 0 unspecified atom stereocenters. The third-order valence-electron chi connectivity index (χ3n) is 4.26. The number of benzene rings is 1. The number of aliphatic hydroxyl groups is 1. The van der Waals surface area contributed by atoms with Crippen LogP contribution in [-0.2, 0) is 5.60 Å². The van der Waals surface area contributed by atoms with Crippen molar-refractivity contribution in [3.63, 3.8) is 0 Å². The van der Waals surface area contributed by atoms with E-state index in [1.807, 2.05) is 6.07 Å². The van der Waals surface area contributed by atoms with Gasteiger partial charge in [-0.3, -0.25) is 0 Å². The van der Waals surface area contributed by atoms with E-state index in [9.17, 15) is 5.11 Å². The van der Waals surface area contributed by atoms with Crippen LogP contribution < -0.4 is 4.74 Å². The van der Waals surface area contributed by atoms with E-state index in [1.54, 1.807) is 7.11 Å². The summed E-state index contributed by atoms with van der Waals surface area (Å²) in [5, 5.41) is 11.0. The second-order valence-corrected chi connectivity index (χ2v) is 5.62. The van der Waals surface area contributed by atoms with Gasteiger partial charge >= 0.3 is 0 Å². The molecular weight excluding hydrogens is 238 g/mol. The van der Waals surface area contributed by atoms with E-state index in [4.69, 9.17) is 4.74 Å². The van der Waals surface area contributed by atoms with Crippen molar-refractivity contribution in [2.24, 2.45) is 0 Å². The number of aryl methyl sites for hydroxylation is 2. The van der Waals surface area contributed by atoms with Crippen LogP contribution in [0, 0.1) is 13.8 Å². The number of hydrogen-bond donors (Lipinski definition) is 1. The Kier molecular flexibility index (Phi) is 4.16. The molecule has 1 N–H and O–H groups in total. The first-order valence-electron chi connectivity index (χ1n) is 7.10. The van der Waals surface area contributed by atoms with Crippen molar-refractivity contribution >= 4 is 0 Å². The number of rotatable bonds is 3. The van der Waals surface area contributed by atoms with Crippen LogP contribution in [0.1, 0.15) is 36.5 Å². The fraction of sp³-hybridized carbons (Fsp3) is 0.625. The maximum absolute atomic E-state index is 11.0. The molecular formula is C16H25NO2. The van der Waals surface area contributed by atoms with Gasteiger partial charge in [-0.1, -0.05) is 13.0 Å². The van der Waals surface area contributed by atoms with Gasteiger partial charge in [0.2, 0.25) is 0 Å². The summed E-state index contributed by atoms with van der Waals surface area (Å²) in [5.74, 6) is 0.824. The molecule has 0 radical (unpaired) electrons. The molecule has 3 heteroatoms. The molecule has 1 aliphatic heterocycles. The van der Waals surface area contributed by atoms with Gasteiger partial charge in [0.25, 0.3) is 0 Å². The van der Waals surface area contributed by atoms with Gasteiger partial charge < -0.3 is 14.7 Å². The lowest BCUT2D eigenvalue weighted by Gasteiger charge is -2.39. The summed E-state index contributed by atoms with van der Waals surface area (Å²) < 4.78 is 5.50. The lowest BCUT2D eigenvalue weighted by Crippen LogP contribution is -2.42. The minimum Gasteiger partial charge on any atom is -0.496 e. The molecule has 1 heterocycles. The molecule has 1 aliphatic rings. The van der Waals surface area contributed by atoms with E-state index in [-0.39, 0.29) is 0 Å².